The van der Waals surface area contributed by atoms with Crippen molar-refractivity contribution in [2.45, 2.75) is 31.8 Å². The Bertz CT molecular complexity index is 442. The van der Waals surface area contributed by atoms with Crippen molar-refractivity contribution < 1.29 is 14.3 Å². The zero-order valence-corrected chi connectivity index (χ0v) is 11.1. The first-order valence-corrected chi connectivity index (χ1v) is 6.54. The number of nitrogens with one attached hydrogen (secondary N) is 1. The lowest BCUT2D eigenvalue weighted by atomic mass is 10.1. The van der Waals surface area contributed by atoms with Crippen molar-refractivity contribution in [3.63, 3.8) is 0 Å². The molecule has 3 N–H and O–H groups in total. The van der Waals surface area contributed by atoms with Gasteiger partial charge in [0, 0.05) is 19.1 Å². The van der Waals surface area contributed by atoms with E-state index in [1.165, 1.54) is 0 Å². The third kappa shape index (κ3) is 3.86. The molecule has 1 unspecified atom stereocenters. The largest absolute Gasteiger partial charge is 0.497 e. The van der Waals surface area contributed by atoms with E-state index in [0.717, 1.165) is 25.9 Å². The van der Waals surface area contributed by atoms with E-state index in [4.69, 9.17) is 15.2 Å². The Kier molecular flexibility index (Phi) is 4.63. The van der Waals surface area contributed by atoms with Crippen LogP contribution in [0.25, 0.3) is 0 Å². The van der Waals surface area contributed by atoms with Crippen LogP contribution < -0.4 is 15.8 Å². The maximum absolute atomic E-state index is 11.8. The van der Waals surface area contributed by atoms with Crippen LogP contribution in [0.4, 0.5) is 11.4 Å². The standard InChI is InChI=1S/C14H20N2O3/c1-18-11-4-6-13(12(15)9-11)16-14(17)7-5-10-3-2-8-19-10/h4,6,9-10H,2-3,5,7-8,15H2,1H3,(H,16,17). The molecule has 0 radical (unpaired) electrons. The Balaban J connectivity index is 1.84. The van der Waals surface area contributed by atoms with E-state index in [-0.39, 0.29) is 12.0 Å². The molecule has 5 nitrogen and oxygen atoms in total. The predicted octanol–water partition coefficient (Wildman–Crippen LogP) is 2.18. The summed E-state index contributed by atoms with van der Waals surface area (Å²) in [5, 5.41) is 2.81. The average molecular weight is 264 g/mol. The molecule has 1 heterocycles. The molecule has 0 bridgehead atoms. The van der Waals surface area contributed by atoms with E-state index in [1.807, 2.05) is 0 Å². The first-order valence-electron chi connectivity index (χ1n) is 6.54. The number of hydrogen-bond donors (Lipinski definition) is 2. The van der Waals surface area contributed by atoms with Gasteiger partial charge in [-0.15, -0.1) is 0 Å². The molecule has 1 aromatic rings. The van der Waals surface area contributed by atoms with Gasteiger partial charge < -0.3 is 20.5 Å². The quantitative estimate of drug-likeness (QED) is 0.799. The monoisotopic (exact) mass is 264 g/mol. The van der Waals surface area contributed by atoms with Crippen LogP contribution in [0.3, 0.4) is 0 Å². The molecule has 0 aliphatic carbocycles. The maximum atomic E-state index is 11.8. The van der Waals surface area contributed by atoms with Gasteiger partial charge in [0.1, 0.15) is 5.75 Å². The SMILES string of the molecule is COc1ccc(NC(=O)CCC2CCCO2)c(N)c1. The van der Waals surface area contributed by atoms with Gasteiger partial charge in [0.2, 0.25) is 5.91 Å². The maximum Gasteiger partial charge on any atom is 0.224 e. The lowest BCUT2D eigenvalue weighted by Crippen LogP contribution is -2.16. The number of methoxy groups -OCH3 is 1. The molecular weight excluding hydrogens is 244 g/mol. The van der Waals surface area contributed by atoms with Crippen molar-refractivity contribution in [2.24, 2.45) is 0 Å². The van der Waals surface area contributed by atoms with Gasteiger partial charge in [-0.1, -0.05) is 0 Å². The minimum absolute atomic E-state index is 0.0348. The van der Waals surface area contributed by atoms with Crippen LogP contribution in [0.5, 0.6) is 5.75 Å². The number of ether oxygens (including phenoxy) is 2. The highest BCUT2D eigenvalue weighted by Gasteiger charge is 2.17. The molecule has 0 spiro atoms. The molecule has 19 heavy (non-hydrogen) atoms. The number of carbonyl (C=O) groups excluding carboxylic acids is 1. The lowest BCUT2D eigenvalue weighted by Gasteiger charge is -2.11. The number of benzene rings is 1. The summed E-state index contributed by atoms with van der Waals surface area (Å²) in [6.45, 7) is 0.817. The second-order valence-electron chi connectivity index (χ2n) is 4.68. The van der Waals surface area contributed by atoms with Gasteiger partial charge in [0.05, 0.1) is 24.6 Å². The molecule has 2 rings (SSSR count). The van der Waals surface area contributed by atoms with Crippen LogP contribution >= 0.6 is 0 Å². The minimum atomic E-state index is -0.0348. The second-order valence-corrected chi connectivity index (χ2v) is 4.68. The second kappa shape index (κ2) is 6.43. The third-order valence-electron chi connectivity index (χ3n) is 3.25. The minimum Gasteiger partial charge on any atom is -0.497 e. The van der Waals surface area contributed by atoms with Gasteiger partial charge in [-0.05, 0) is 31.4 Å². The Hall–Kier alpha value is -1.75. The fourth-order valence-corrected chi connectivity index (χ4v) is 2.16. The van der Waals surface area contributed by atoms with E-state index in [0.29, 0.717) is 23.5 Å². The van der Waals surface area contributed by atoms with Crippen molar-refractivity contribution >= 4 is 17.3 Å². The summed E-state index contributed by atoms with van der Waals surface area (Å²) in [5.41, 5.74) is 6.97. The zero-order valence-electron chi connectivity index (χ0n) is 11.1. The number of nitrogens with two attached hydrogens (primary N) is 1. The molecule has 1 aromatic carbocycles. The Labute approximate surface area is 113 Å². The fourth-order valence-electron chi connectivity index (χ4n) is 2.16. The summed E-state index contributed by atoms with van der Waals surface area (Å²) < 4.78 is 10.5. The van der Waals surface area contributed by atoms with E-state index in [2.05, 4.69) is 5.32 Å². The Morgan fingerprint density at radius 1 is 1.58 bits per heavy atom. The fraction of sp³-hybridized carbons (Fsp3) is 0.500. The van der Waals surface area contributed by atoms with Gasteiger partial charge in [-0.25, -0.2) is 0 Å². The van der Waals surface area contributed by atoms with Crippen LogP contribution in [-0.2, 0) is 9.53 Å². The number of nitrogen functional groups attached to an aromatic ring is 1. The molecule has 1 saturated heterocycles. The molecular formula is C14H20N2O3. The Morgan fingerprint density at radius 2 is 2.42 bits per heavy atom. The zero-order chi connectivity index (χ0) is 13.7. The first kappa shape index (κ1) is 13.7. The lowest BCUT2D eigenvalue weighted by molar-refractivity contribution is -0.116. The van der Waals surface area contributed by atoms with Crippen LogP contribution in [-0.4, -0.2) is 25.7 Å². The molecule has 1 aliphatic heterocycles. The number of amides is 1. The van der Waals surface area contributed by atoms with Crippen LogP contribution in [0.15, 0.2) is 18.2 Å². The number of carbonyl (C=O) groups is 1. The first-order chi connectivity index (χ1) is 9.19. The van der Waals surface area contributed by atoms with Crippen molar-refractivity contribution in [3.05, 3.63) is 18.2 Å². The number of anilines is 2. The third-order valence-corrected chi connectivity index (χ3v) is 3.25. The summed E-state index contributed by atoms with van der Waals surface area (Å²) in [7, 11) is 1.58. The van der Waals surface area contributed by atoms with Crippen molar-refractivity contribution in [3.8, 4) is 5.75 Å². The average Bonchev–Trinajstić information content (AvgIpc) is 2.92. The molecule has 0 aromatic heterocycles. The molecule has 1 aliphatic rings. The topological polar surface area (TPSA) is 73.6 Å². The van der Waals surface area contributed by atoms with Crippen LogP contribution in [0, 0.1) is 0 Å². The van der Waals surface area contributed by atoms with Gasteiger partial charge in [0.15, 0.2) is 0 Å². The summed E-state index contributed by atoms with van der Waals surface area (Å²) in [4.78, 5) is 11.8. The van der Waals surface area contributed by atoms with E-state index in [1.54, 1.807) is 25.3 Å². The van der Waals surface area contributed by atoms with Gasteiger partial charge >= 0.3 is 0 Å². The molecule has 0 saturated carbocycles. The van der Waals surface area contributed by atoms with Gasteiger partial charge in [-0.2, -0.15) is 0 Å². The molecule has 104 valence electrons. The summed E-state index contributed by atoms with van der Waals surface area (Å²) >= 11 is 0. The molecule has 1 atom stereocenters. The van der Waals surface area contributed by atoms with Crippen molar-refractivity contribution in [1.29, 1.82) is 0 Å². The number of hydrogen-bond acceptors (Lipinski definition) is 4. The van der Waals surface area contributed by atoms with E-state index >= 15 is 0 Å². The molecule has 1 fully saturated rings. The number of rotatable bonds is 5. The normalized spacial score (nSPS) is 18.3. The van der Waals surface area contributed by atoms with Crippen molar-refractivity contribution in [1.82, 2.24) is 0 Å². The molecule has 1 amide bonds. The van der Waals surface area contributed by atoms with E-state index in [9.17, 15) is 4.79 Å². The van der Waals surface area contributed by atoms with Crippen molar-refractivity contribution in [2.75, 3.05) is 24.8 Å². The highest BCUT2D eigenvalue weighted by molar-refractivity contribution is 5.94. The highest BCUT2D eigenvalue weighted by atomic mass is 16.5. The van der Waals surface area contributed by atoms with E-state index < -0.39 is 0 Å². The smallest absolute Gasteiger partial charge is 0.224 e. The van der Waals surface area contributed by atoms with Crippen LogP contribution in [0.2, 0.25) is 0 Å². The highest BCUT2D eigenvalue weighted by Crippen LogP contribution is 2.24. The van der Waals surface area contributed by atoms with Crippen LogP contribution in [0.1, 0.15) is 25.7 Å². The summed E-state index contributed by atoms with van der Waals surface area (Å²) in [6.07, 6.45) is 3.60. The summed E-state index contributed by atoms with van der Waals surface area (Å²) in [5.74, 6) is 0.641. The van der Waals surface area contributed by atoms with Gasteiger partial charge in [0.25, 0.3) is 0 Å². The van der Waals surface area contributed by atoms with Gasteiger partial charge in [-0.3, -0.25) is 4.79 Å². The Morgan fingerprint density at radius 3 is 3.05 bits per heavy atom. The molecule has 5 heteroatoms. The summed E-state index contributed by atoms with van der Waals surface area (Å²) in [6, 6.07) is 5.21. The predicted molar refractivity (Wildman–Crippen MR) is 74.2 cm³/mol.